The van der Waals surface area contributed by atoms with Crippen molar-refractivity contribution in [1.82, 2.24) is 15.3 Å². The summed E-state index contributed by atoms with van der Waals surface area (Å²) in [5, 5.41) is 5.49. The number of amides is 2. The van der Waals surface area contributed by atoms with E-state index in [0.717, 1.165) is 19.4 Å². The number of carbonyl (C=O) groups is 2. The molecule has 1 aromatic heterocycles. The van der Waals surface area contributed by atoms with Gasteiger partial charge in [0.05, 0.1) is 5.92 Å². The quantitative estimate of drug-likeness (QED) is 0.885. The van der Waals surface area contributed by atoms with Crippen molar-refractivity contribution in [2.24, 2.45) is 5.92 Å². The van der Waals surface area contributed by atoms with Crippen molar-refractivity contribution in [3.63, 3.8) is 0 Å². The summed E-state index contributed by atoms with van der Waals surface area (Å²) in [5.74, 6) is 0.290. The molecule has 3 rings (SSSR count). The van der Waals surface area contributed by atoms with Crippen LogP contribution in [0, 0.1) is 5.92 Å². The molecule has 1 unspecified atom stereocenters. The number of rotatable bonds is 4. The van der Waals surface area contributed by atoms with Crippen LogP contribution in [0.3, 0.4) is 0 Å². The number of anilines is 2. The average Bonchev–Trinajstić information content (AvgIpc) is 2.68. The van der Waals surface area contributed by atoms with Crippen LogP contribution in [0.2, 0.25) is 0 Å². The molecule has 1 atom stereocenters. The zero-order valence-electron chi connectivity index (χ0n) is 14.1. The predicted octanol–water partition coefficient (Wildman–Crippen LogP) is 1.69. The Kier molecular flexibility index (Phi) is 5.23. The third-order valence-electron chi connectivity index (χ3n) is 4.25. The van der Waals surface area contributed by atoms with E-state index in [9.17, 15) is 9.59 Å². The third-order valence-corrected chi connectivity index (χ3v) is 4.25. The highest BCUT2D eigenvalue weighted by Gasteiger charge is 2.27. The molecule has 1 aromatic carbocycles. The van der Waals surface area contributed by atoms with Crippen LogP contribution in [-0.2, 0) is 4.79 Å². The van der Waals surface area contributed by atoms with E-state index in [1.165, 1.54) is 0 Å². The van der Waals surface area contributed by atoms with Crippen LogP contribution >= 0.6 is 0 Å². The summed E-state index contributed by atoms with van der Waals surface area (Å²) in [6.45, 7) is 1.44. The molecule has 0 radical (unpaired) electrons. The maximum atomic E-state index is 12.6. The lowest BCUT2D eigenvalue weighted by molar-refractivity contribution is -0.120. The fraction of sp³-hybridized carbons (Fsp3) is 0.333. The normalized spacial score (nSPS) is 17.0. The van der Waals surface area contributed by atoms with E-state index in [1.807, 2.05) is 4.90 Å². The molecule has 130 valence electrons. The fourth-order valence-electron chi connectivity index (χ4n) is 2.95. The van der Waals surface area contributed by atoms with Gasteiger partial charge in [-0.3, -0.25) is 9.59 Å². The predicted molar refractivity (Wildman–Crippen MR) is 95.4 cm³/mol. The second kappa shape index (κ2) is 7.74. The van der Waals surface area contributed by atoms with Gasteiger partial charge in [-0.2, -0.15) is 0 Å². The van der Waals surface area contributed by atoms with Crippen LogP contribution in [0.25, 0.3) is 0 Å². The van der Waals surface area contributed by atoms with Gasteiger partial charge in [0.1, 0.15) is 0 Å². The molecule has 2 aromatic rings. The first-order chi connectivity index (χ1) is 12.2. The van der Waals surface area contributed by atoms with Crippen molar-refractivity contribution in [2.45, 2.75) is 12.8 Å². The van der Waals surface area contributed by atoms with Gasteiger partial charge in [0.15, 0.2) is 0 Å². The lowest BCUT2D eigenvalue weighted by atomic mass is 9.97. The Morgan fingerprint density at radius 3 is 2.76 bits per heavy atom. The van der Waals surface area contributed by atoms with E-state index in [1.54, 1.807) is 49.8 Å². The summed E-state index contributed by atoms with van der Waals surface area (Å²) < 4.78 is 0. The van der Waals surface area contributed by atoms with Crippen molar-refractivity contribution < 1.29 is 9.59 Å². The number of nitrogens with zero attached hydrogens (tertiary/aromatic N) is 3. The van der Waals surface area contributed by atoms with Crippen LogP contribution in [0.1, 0.15) is 23.2 Å². The highest BCUT2D eigenvalue weighted by molar-refractivity contribution is 5.97. The van der Waals surface area contributed by atoms with Gasteiger partial charge in [-0.05, 0) is 37.1 Å². The zero-order valence-corrected chi connectivity index (χ0v) is 14.1. The molecule has 0 bridgehead atoms. The molecule has 2 heterocycles. The number of nitrogens with one attached hydrogen (secondary N) is 2. The molecule has 0 spiro atoms. The molecular weight excluding hydrogens is 318 g/mol. The summed E-state index contributed by atoms with van der Waals surface area (Å²) >= 11 is 0. The minimum atomic E-state index is -0.179. The number of hydrogen-bond donors (Lipinski definition) is 2. The number of aromatic nitrogens is 2. The topological polar surface area (TPSA) is 87.2 Å². The molecule has 2 amide bonds. The van der Waals surface area contributed by atoms with E-state index in [0.29, 0.717) is 23.7 Å². The molecular formula is C18H21N5O2. The standard InChI is InChI=1S/C18H21N5O2/c1-19-16(24)13-5-2-7-15(11-13)22-17(25)14-6-3-10-23(12-14)18-20-8-4-9-21-18/h2,4-5,7-9,11,14H,3,6,10,12H2,1H3,(H,19,24)(H,22,25). The van der Waals surface area contributed by atoms with Gasteiger partial charge in [0.25, 0.3) is 5.91 Å². The molecule has 1 saturated heterocycles. The van der Waals surface area contributed by atoms with Gasteiger partial charge >= 0.3 is 0 Å². The Labute approximate surface area is 146 Å². The molecule has 1 aliphatic heterocycles. The van der Waals surface area contributed by atoms with Crippen molar-refractivity contribution in [1.29, 1.82) is 0 Å². The van der Waals surface area contributed by atoms with E-state index in [4.69, 9.17) is 0 Å². The van der Waals surface area contributed by atoms with Gasteiger partial charge < -0.3 is 15.5 Å². The molecule has 1 aliphatic rings. The van der Waals surface area contributed by atoms with E-state index in [-0.39, 0.29) is 17.7 Å². The Hall–Kier alpha value is -2.96. The molecule has 25 heavy (non-hydrogen) atoms. The van der Waals surface area contributed by atoms with Crippen LogP contribution in [-0.4, -0.2) is 41.9 Å². The Morgan fingerprint density at radius 2 is 2.00 bits per heavy atom. The molecule has 2 N–H and O–H groups in total. The highest BCUT2D eigenvalue weighted by Crippen LogP contribution is 2.22. The second-order valence-electron chi connectivity index (χ2n) is 5.98. The van der Waals surface area contributed by atoms with Gasteiger partial charge in [0, 0.05) is 43.8 Å². The summed E-state index contributed by atoms with van der Waals surface area (Å²) in [6.07, 6.45) is 5.14. The molecule has 7 nitrogen and oxygen atoms in total. The second-order valence-corrected chi connectivity index (χ2v) is 5.98. The first kappa shape index (κ1) is 16.9. The first-order valence-electron chi connectivity index (χ1n) is 8.32. The van der Waals surface area contributed by atoms with Gasteiger partial charge in [-0.1, -0.05) is 6.07 Å². The van der Waals surface area contributed by atoms with Crippen LogP contribution in [0.4, 0.5) is 11.6 Å². The lowest BCUT2D eigenvalue weighted by Gasteiger charge is -2.31. The smallest absolute Gasteiger partial charge is 0.251 e. The van der Waals surface area contributed by atoms with E-state index < -0.39 is 0 Å². The van der Waals surface area contributed by atoms with E-state index >= 15 is 0 Å². The number of carbonyl (C=O) groups excluding carboxylic acids is 2. The van der Waals surface area contributed by atoms with Crippen LogP contribution < -0.4 is 15.5 Å². The third kappa shape index (κ3) is 4.12. The summed E-state index contributed by atoms with van der Waals surface area (Å²) in [4.78, 5) is 34.9. The average molecular weight is 339 g/mol. The van der Waals surface area contributed by atoms with Gasteiger partial charge in [-0.25, -0.2) is 9.97 Å². The summed E-state index contributed by atoms with van der Waals surface area (Å²) in [7, 11) is 1.58. The molecule has 0 saturated carbocycles. The molecule has 7 heteroatoms. The Morgan fingerprint density at radius 1 is 1.20 bits per heavy atom. The maximum absolute atomic E-state index is 12.6. The number of hydrogen-bond acceptors (Lipinski definition) is 5. The van der Waals surface area contributed by atoms with Gasteiger partial charge in [0.2, 0.25) is 11.9 Å². The SMILES string of the molecule is CNC(=O)c1cccc(NC(=O)C2CCCN(c3ncccn3)C2)c1. The monoisotopic (exact) mass is 339 g/mol. The van der Waals surface area contributed by atoms with Crippen LogP contribution in [0.15, 0.2) is 42.7 Å². The van der Waals surface area contributed by atoms with Crippen molar-refractivity contribution >= 4 is 23.5 Å². The molecule has 0 aliphatic carbocycles. The minimum absolute atomic E-state index is 0.0466. The Bertz CT molecular complexity index is 750. The van der Waals surface area contributed by atoms with Crippen molar-refractivity contribution in [2.75, 3.05) is 30.4 Å². The first-order valence-corrected chi connectivity index (χ1v) is 8.32. The molecule has 1 fully saturated rings. The maximum Gasteiger partial charge on any atom is 0.251 e. The highest BCUT2D eigenvalue weighted by atomic mass is 16.2. The van der Waals surface area contributed by atoms with Crippen LogP contribution in [0.5, 0.6) is 0 Å². The van der Waals surface area contributed by atoms with Crippen molar-refractivity contribution in [3.8, 4) is 0 Å². The number of benzene rings is 1. The van der Waals surface area contributed by atoms with Crippen molar-refractivity contribution in [3.05, 3.63) is 48.3 Å². The largest absolute Gasteiger partial charge is 0.355 e. The minimum Gasteiger partial charge on any atom is -0.355 e. The Balaban J connectivity index is 1.66. The lowest BCUT2D eigenvalue weighted by Crippen LogP contribution is -2.41. The summed E-state index contributed by atoms with van der Waals surface area (Å²) in [6, 6.07) is 8.70. The fourth-order valence-corrected chi connectivity index (χ4v) is 2.95. The summed E-state index contributed by atoms with van der Waals surface area (Å²) in [5.41, 5.74) is 1.14. The zero-order chi connectivity index (χ0) is 17.6. The van der Waals surface area contributed by atoms with Gasteiger partial charge in [-0.15, -0.1) is 0 Å². The number of piperidine rings is 1. The van der Waals surface area contributed by atoms with E-state index in [2.05, 4.69) is 20.6 Å².